The Morgan fingerprint density at radius 1 is 1.11 bits per heavy atom. The van der Waals surface area contributed by atoms with Crippen LogP contribution in [-0.4, -0.2) is 54.4 Å². The molecule has 0 saturated heterocycles. The molecule has 10 heteroatoms. The summed E-state index contributed by atoms with van der Waals surface area (Å²) in [6.07, 6.45) is 6.33. The first kappa shape index (κ1) is 22.6. The van der Waals surface area contributed by atoms with Gasteiger partial charge in [-0.2, -0.15) is 10.2 Å². The first-order valence-corrected chi connectivity index (χ1v) is 13.2. The van der Waals surface area contributed by atoms with Crippen molar-refractivity contribution < 1.29 is 10.2 Å². The summed E-state index contributed by atoms with van der Waals surface area (Å²) in [5.74, 6) is 1.36. The highest BCUT2D eigenvalue weighted by atomic mass is 32.1. The minimum absolute atomic E-state index is 0.204. The minimum atomic E-state index is -0.986. The second kappa shape index (κ2) is 8.97. The van der Waals surface area contributed by atoms with Crippen LogP contribution in [0.3, 0.4) is 0 Å². The first-order chi connectivity index (χ1) is 17.0. The van der Waals surface area contributed by atoms with Crippen molar-refractivity contribution in [1.29, 1.82) is 5.26 Å². The van der Waals surface area contributed by atoms with E-state index >= 15 is 0 Å². The lowest BCUT2D eigenvalue weighted by Gasteiger charge is -2.27. The molecule has 3 aliphatic rings. The molecule has 0 radical (unpaired) electrons. The maximum absolute atomic E-state index is 10.7. The number of nitriles is 1. The maximum atomic E-state index is 10.7. The Hall–Kier alpha value is -2.87. The lowest BCUT2D eigenvalue weighted by molar-refractivity contribution is 0.0183. The Kier molecular flexibility index (Phi) is 5.79. The standard InChI is InChI=1S/C25H29N7O2S/c1-12-18(24-31-20-17(35-24)8-10-27-19(20)13-5-6-13)23(32-25(28-12)29-15-3-2-4-15)30-16-11-14(7-9-26)21(33)22(16)34/h8,10,13-16,21-22,33-34H,2-7,11H2,1H3,(H2,28,29,30,32). The molecule has 3 heterocycles. The fourth-order valence-electron chi connectivity index (χ4n) is 5.13. The normalized spacial score (nSPS) is 26.5. The maximum Gasteiger partial charge on any atom is 0.225 e. The second-order valence-electron chi connectivity index (χ2n) is 10.1. The van der Waals surface area contributed by atoms with E-state index in [1.165, 1.54) is 6.42 Å². The molecule has 0 spiro atoms. The smallest absolute Gasteiger partial charge is 0.225 e. The summed E-state index contributed by atoms with van der Waals surface area (Å²) in [6, 6.07) is 4.07. The molecular weight excluding hydrogens is 462 g/mol. The molecular formula is C25H29N7O2S. The van der Waals surface area contributed by atoms with Gasteiger partial charge in [0.05, 0.1) is 39.9 Å². The quantitative estimate of drug-likeness (QED) is 0.389. The van der Waals surface area contributed by atoms with Gasteiger partial charge in [-0.1, -0.05) is 0 Å². The van der Waals surface area contributed by atoms with E-state index in [0.29, 0.717) is 30.1 Å². The van der Waals surface area contributed by atoms with Crippen molar-refractivity contribution in [3.05, 3.63) is 23.7 Å². The highest BCUT2D eigenvalue weighted by Crippen LogP contribution is 2.44. The molecule has 4 atom stereocenters. The van der Waals surface area contributed by atoms with E-state index in [1.807, 2.05) is 19.2 Å². The van der Waals surface area contributed by atoms with Crippen LogP contribution in [0.25, 0.3) is 20.8 Å². The summed E-state index contributed by atoms with van der Waals surface area (Å²) in [4.78, 5) is 19.2. The van der Waals surface area contributed by atoms with E-state index in [9.17, 15) is 10.2 Å². The van der Waals surface area contributed by atoms with Crippen molar-refractivity contribution >= 4 is 33.3 Å². The van der Waals surface area contributed by atoms with Gasteiger partial charge in [0, 0.05) is 30.5 Å². The number of rotatable bonds is 7. The highest BCUT2D eigenvalue weighted by Gasteiger charge is 2.42. The van der Waals surface area contributed by atoms with Crippen LogP contribution in [0.5, 0.6) is 0 Å². The van der Waals surface area contributed by atoms with E-state index < -0.39 is 18.2 Å². The molecule has 3 saturated carbocycles. The van der Waals surface area contributed by atoms with Crippen LogP contribution in [0.15, 0.2) is 12.3 Å². The zero-order valence-electron chi connectivity index (χ0n) is 19.6. The number of hydrogen-bond acceptors (Lipinski definition) is 10. The van der Waals surface area contributed by atoms with E-state index in [2.05, 4.69) is 21.7 Å². The molecule has 0 amide bonds. The number of aromatic nitrogens is 4. The number of fused-ring (bicyclic) bond motifs is 1. The van der Waals surface area contributed by atoms with Crippen molar-refractivity contribution in [2.24, 2.45) is 5.92 Å². The number of nitrogens with one attached hydrogen (secondary N) is 2. The average Bonchev–Trinajstić information content (AvgIpc) is 3.51. The largest absolute Gasteiger partial charge is 0.390 e. The number of aliphatic hydroxyl groups excluding tert-OH is 2. The van der Waals surface area contributed by atoms with Gasteiger partial charge in [-0.3, -0.25) is 4.98 Å². The zero-order valence-corrected chi connectivity index (χ0v) is 20.4. The van der Waals surface area contributed by atoms with Gasteiger partial charge in [-0.05, 0) is 51.5 Å². The van der Waals surface area contributed by atoms with Crippen LogP contribution in [0, 0.1) is 24.2 Å². The molecule has 3 aliphatic carbocycles. The molecule has 0 bridgehead atoms. The van der Waals surface area contributed by atoms with Crippen LogP contribution in [0.2, 0.25) is 0 Å². The lowest BCUT2D eigenvalue weighted by Crippen LogP contribution is -2.35. The average molecular weight is 492 g/mol. The van der Waals surface area contributed by atoms with Gasteiger partial charge < -0.3 is 20.8 Å². The van der Waals surface area contributed by atoms with Crippen molar-refractivity contribution in [2.45, 2.75) is 82.1 Å². The molecule has 4 unspecified atom stereocenters. The summed E-state index contributed by atoms with van der Waals surface area (Å²) in [7, 11) is 0. The number of hydrogen-bond donors (Lipinski definition) is 4. The molecule has 3 aromatic heterocycles. The van der Waals surface area contributed by atoms with E-state index in [4.69, 9.17) is 20.2 Å². The van der Waals surface area contributed by atoms with Crippen molar-refractivity contribution in [3.8, 4) is 16.6 Å². The third kappa shape index (κ3) is 4.22. The summed E-state index contributed by atoms with van der Waals surface area (Å²) >= 11 is 1.59. The van der Waals surface area contributed by atoms with Gasteiger partial charge in [-0.25, -0.2) is 9.97 Å². The van der Waals surface area contributed by atoms with E-state index in [-0.39, 0.29) is 12.3 Å². The Balaban J connectivity index is 1.40. The van der Waals surface area contributed by atoms with Crippen molar-refractivity contribution in [3.63, 3.8) is 0 Å². The summed E-state index contributed by atoms with van der Waals surface area (Å²) < 4.78 is 1.09. The van der Waals surface area contributed by atoms with Gasteiger partial charge in [0.15, 0.2) is 0 Å². The van der Waals surface area contributed by atoms with Crippen LogP contribution in [0.1, 0.15) is 62.3 Å². The van der Waals surface area contributed by atoms with E-state index in [0.717, 1.165) is 57.9 Å². The molecule has 3 fully saturated rings. The zero-order chi connectivity index (χ0) is 24.1. The predicted molar refractivity (Wildman–Crippen MR) is 134 cm³/mol. The third-order valence-corrected chi connectivity index (χ3v) is 8.56. The minimum Gasteiger partial charge on any atom is -0.390 e. The third-order valence-electron chi connectivity index (χ3n) is 7.52. The van der Waals surface area contributed by atoms with Gasteiger partial charge in [0.2, 0.25) is 5.95 Å². The number of anilines is 2. The molecule has 4 N–H and O–H groups in total. The van der Waals surface area contributed by atoms with Gasteiger partial charge in [0.1, 0.15) is 22.4 Å². The summed E-state index contributed by atoms with van der Waals surface area (Å²) in [5.41, 5.74) is 3.61. The van der Waals surface area contributed by atoms with Gasteiger partial charge in [0.25, 0.3) is 0 Å². The number of nitrogens with zero attached hydrogens (tertiary/aromatic N) is 5. The number of pyridine rings is 1. The number of aryl methyl sites for hydroxylation is 1. The predicted octanol–water partition coefficient (Wildman–Crippen LogP) is 3.73. The lowest BCUT2D eigenvalue weighted by atomic mass is 9.93. The molecule has 6 rings (SSSR count). The van der Waals surface area contributed by atoms with Gasteiger partial charge in [-0.15, -0.1) is 11.3 Å². The fourth-order valence-corrected chi connectivity index (χ4v) is 6.20. The molecule has 9 nitrogen and oxygen atoms in total. The van der Waals surface area contributed by atoms with Gasteiger partial charge >= 0.3 is 0 Å². The molecule has 3 aromatic rings. The highest BCUT2D eigenvalue weighted by molar-refractivity contribution is 7.21. The molecule has 0 aliphatic heterocycles. The van der Waals surface area contributed by atoms with Crippen LogP contribution in [0.4, 0.5) is 11.8 Å². The number of aliphatic hydroxyl groups is 2. The topological polar surface area (TPSA) is 140 Å². The van der Waals surface area contributed by atoms with Crippen LogP contribution in [-0.2, 0) is 0 Å². The molecule has 0 aromatic carbocycles. The Morgan fingerprint density at radius 2 is 1.94 bits per heavy atom. The van der Waals surface area contributed by atoms with E-state index in [1.54, 1.807) is 11.3 Å². The van der Waals surface area contributed by atoms with Crippen molar-refractivity contribution in [1.82, 2.24) is 19.9 Å². The van der Waals surface area contributed by atoms with Crippen LogP contribution >= 0.6 is 11.3 Å². The summed E-state index contributed by atoms with van der Waals surface area (Å²) in [6.45, 7) is 1.96. The SMILES string of the molecule is Cc1nc(NC2CCC2)nc(NC2CC(CC#N)C(O)C2O)c1-c1nc2c(C3CC3)nccc2s1. The van der Waals surface area contributed by atoms with Crippen LogP contribution < -0.4 is 10.6 Å². The Labute approximate surface area is 207 Å². The second-order valence-corrected chi connectivity index (χ2v) is 11.1. The summed E-state index contributed by atoms with van der Waals surface area (Å²) in [5, 5.41) is 38.0. The molecule has 35 heavy (non-hydrogen) atoms. The Bertz CT molecular complexity index is 1300. The number of thiazole rings is 1. The first-order valence-electron chi connectivity index (χ1n) is 12.4. The molecule has 182 valence electrons. The Morgan fingerprint density at radius 3 is 2.66 bits per heavy atom. The fraction of sp³-hybridized carbons (Fsp3) is 0.560. The van der Waals surface area contributed by atoms with Crippen molar-refractivity contribution in [2.75, 3.05) is 10.6 Å². The monoisotopic (exact) mass is 491 g/mol.